The lowest BCUT2D eigenvalue weighted by molar-refractivity contribution is 0.265. The summed E-state index contributed by atoms with van der Waals surface area (Å²) in [6.07, 6.45) is 1.05. The molecule has 0 fully saturated rings. The van der Waals surface area contributed by atoms with Gasteiger partial charge < -0.3 is 14.5 Å². The smallest absolute Gasteiger partial charge is 0.146 e. The van der Waals surface area contributed by atoms with Crippen LogP contribution in [0.15, 0.2) is 34.7 Å². The first-order valence-electron chi connectivity index (χ1n) is 6.67. The molecule has 0 saturated carbocycles. The van der Waals surface area contributed by atoms with Crippen LogP contribution in [0, 0.1) is 6.92 Å². The Hall–Kier alpha value is -1.74. The molecule has 0 unspecified atom stereocenters. The lowest BCUT2D eigenvalue weighted by Crippen LogP contribution is -2.04. The van der Waals surface area contributed by atoms with E-state index >= 15 is 0 Å². The number of nitrogens with one attached hydrogen (secondary N) is 1. The predicted octanol–water partition coefficient (Wildman–Crippen LogP) is 3.45. The standard InChI is InChI=1S/C16H21NO2/c1-4-13-5-7-14(8-6-13)18-11-15-9-12(2)16(19-15)10-17-3/h5-9,17H,4,10-11H2,1-3H3. The van der Waals surface area contributed by atoms with Crippen molar-refractivity contribution in [3.63, 3.8) is 0 Å². The van der Waals surface area contributed by atoms with Crippen molar-refractivity contribution in [1.29, 1.82) is 0 Å². The van der Waals surface area contributed by atoms with E-state index in [1.54, 1.807) is 0 Å². The molecular weight excluding hydrogens is 238 g/mol. The van der Waals surface area contributed by atoms with Gasteiger partial charge in [0.2, 0.25) is 0 Å². The Morgan fingerprint density at radius 3 is 2.58 bits per heavy atom. The van der Waals surface area contributed by atoms with E-state index in [1.165, 1.54) is 5.56 Å². The van der Waals surface area contributed by atoms with E-state index in [-0.39, 0.29) is 0 Å². The number of aryl methyl sites for hydroxylation is 2. The second-order valence-corrected chi connectivity index (χ2v) is 4.64. The van der Waals surface area contributed by atoms with Gasteiger partial charge in [-0.3, -0.25) is 0 Å². The van der Waals surface area contributed by atoms with Crippen LogP contribution in [0.4, 0.5) is 0 Å². The Kier molecular flexibility index (Phi) is 4.63. The van der Waals surface area contributed by atoms with Gasteiger partial charge in [0, 0.05) is 0 Å². The Morgan fingerprint density at radius 1 is 1.21 bits per heavy atom. The molecule has 0 aliphatic rings. The van der Waals surface area contributed by atoms with Crippen LogP contribution in [0.3, 0.4) is 0 Å². The van der Waals surface area contributed by atoms with Crippen LogP contribution < -0.4 is 10.1 Å². The van der Waals surface area contributed by atoms with Crippen LogP contribution in [0.2, 0.25) is 0 Å². The summed E-state index contributed by atoms with van der Waals surface area (Å²) in [5.74, 6) is 2.71. The summed E-state index contributed by atoms with van der Waals surface area (Å²) in [4.78, 5) is 0. The van der Waals surface area contributed by atoms with Gasteiger partial charge in [-0.2, -0.15) is 0 Å². The summed E-state index contributed by atoms with van der Waals surface area (Å²) in [6.45, 7) is 5.41. The average Bonchev–Trinajstić information content (AvgIpc) is 2.78. The molecule has 2 aromatic rings. The quantitative estimate of drug-likeness (QED) is 0.862. The molecule has 0 atom stereocenters. The normalized spacial score (nSPS) is 10.7. The van der Waals surface area contributed by atoms with Gasteiger partial charge in [0.15, 0.2) is 0 Å². The summed E-state index contributed by atoms with van der Waals surface area (Å²) in [5.41, 5.74) is 2.48. The summed E-state index contributed by atoms with van der Waals surface area (Å²) in [7, 11) is 1.91. The molecule has 0 saturated heterocycles. The van der Waals surface area contributed by atoms with Gasteiger partial charge in [-0.25, -0.2) is 0 Å². The van der Waals surface area contributed by atoms with Crippen molar-refractivity contribution in [1.82, 2.24) is 5.32 Å². The first-order valence-corrected chi connectivity index (χ1v) is 6.67. The lowest BCUT2D eigenvalue weighted by Gasteiger charge is -2.05. The van der Waals surface area contributed by atoms with Crippen molar-refractivity contribution < 1.29 is 9.15 Å². The highest BCUT2D eigenvalue weighted by atomic mass is 16.5. The Labute approximate surface area is 114 Å². The first-order chi connectivity index (χ1) is 9.22. The molecule has 1 aromatic heterocycles. The van der Waals surface area contributed by atoms with E-state index in [4.69, 9.17) is 9.15 Å². The van der Waals surface area contributed by atoms with Gasteiger partial charge in [-0.05, 0) is 49.7 Å². The molecule has 0 bridgehead atoms. The van der Waals surface area contributed by atoms with Crippen LogP contribution in [-0.4, -0.2) is 7.05 Å². The summed E-state index contributed by atoms with van der Waals surface area (Å²) in [5, 5.41) is 3.09. The maximum Gasteiger partial charge on any atom is 0.146 e. The van der Waals surface area contributed by atoms with Crippen molar-refractivity contribution in [3.05, 3.63) is 53.0 Å². The molecule has 1 aromatic carbocycles. The van der Waals surface area contributed by atoms with Crippen molar-refractivity contribution in [2.45, 2.75) is 33.4 Å². The molecule has 1 heterocycles. The van der Waals surface area contributed by atoms with Crippen LogP contribution >= 0.6 is 0 Å². The highest BCUT2D eigenvalue weighted by Crippen LogP contribution is 2.18. The number of furan rings is 1. The van der Waals surface area contributed by atoms with Crippen LogP contribution in [0.25, 0.3) is 0 Å². The Balaban J connectivity index is 1.95. The predicted molar refractivity (Wildman–Crippen MR) is 76.4 cm³/mol. The average molecular weight is 259 g/mol. The summed E-state index contributed by atoms with van der Waals surface area (Å²) in [6, 6.07) is 10.2. The molecule has 0 aliphatic heterocycles. The molecule has 0 radical (unpaired) electrons. The minimum absolute atomic E-state index is 0.468. The van der Waals surface area contributed by atoms with E-state index in [9.17, 15) is 0 Å². The highest BCUT2D eigenvalue weighted by Gasteiger charge is 2.07. The van der Waals surface area contributed by atoms with Gasteiger partial charge in [0.25, 0.3) is 0 Å². The van der Waals surface area contributed by atoms with E-state index in [0.717, 1.165) is 35.8 Å². The number of benzene rings is 1. The summed E-state index contributed by atoms with van der Waals surface area (Å²) >= 11 is 0. The van der Waals surface area contributed by atoms with E-state index in [2.05, 4.69) is 31.3 Å². The van der Waals surface area contributed by atoms with Gasteiger partial charge in [0.05, 0.1) is 6.54 Å². The molecular formula is C16H21NO2. The minimum atomic E-state index is 0.468. The Morgan fingerprint density at radius 2 is 1.95 bits per heavy atom. The SMILES string of the molecule is CCc1ccc(OCc2cc(C)c(CNC)o2)cc1. The zero-order valence-electron chi connectivity index (χ0n) is 11.8. The molecule has 0 spiro atoms. The molecule has 19 heavy (non-hydrogen) atoms. The Bertz CT molecular complexity index is 514. The van der Waals surface area contributed by atoms with Gasteiger partial charge in [-0.15, -0.1) is 0 Å². The highest BCUT2D eigenvalue weighted by molar-refractivity contribution is 5.27. The lowest BCUT2D eigenvalue weighted by atomic mass is 10.2. The fourth-order valence-corrected chi connectivity index (χ4v) is 1.97. The molecule has 3 nitrogen and oxygen atoms in total. The topological polar surface area (TPSA) is 34.4 Å². The number of ether oxygens (including phenoxy) is 1. The zero-order chi connectivity index (χ0) is 13.7. The molecule has 2 rings (SSSR count). The third-order valence-electron chi connectivity index (χ3n) is 3.12. The van der Waals surface area contributed by atoms with E-state index in [0.29, 0.717) is 6.61 Å². The van der Waals surface area contributed by atoms with Crippen LogP contribution in [-0.2, 0) is 19.6 Å². The second-order valence-electron chi connectivity index (χ2n) is 4.64. The van der Waals surface area contributed by atoms with Crippen molar-refractivity contribution in [2.24, 2.45) is 0 Å². The zero-order valence-corrected chi connectivity index (χ0v) is 11.8. The van der Waals surface area contributed by atoms with Gasteiger partial charge in [0.1, 0.15) is 23.9 Å². The number of hydrogen-bond acceptors (Lipinski definition) is 3. The van der Waals surface area contributed by atoms with E-state index < -0.39 is 0 Å². The summed E-state index contributed by atoms with van der Waals surface area (Å²) < 4.78 is 11.5. The second kappa shape index (κ2) is 6.43. The number of rotatable bonds is 6. The third kappa shape index (κ3) is 3.61. The number of hydrogen-bond donors (Lipinski definition) is 1. The molecule has 0 amide bonds. The fraction of sp³-hybridized carbons (Fsp3) is 0.375. The molecule has 0 aliphatic carbocycles. The van der Waals surface area contributed by atoms with Crippen LogP contribution in [0.1, 0.15) is 29.6 Å². The van der Waals surface area contributed by atoms with E-state index in [1.807, 2.05) is 25.2 Å². The first kappa shape index (κ1) is 13.7. The van der Waals surface area contributed by atoms with Gasteiger partial charge in [-0.1, -0.05) is 19.1 Å². The van der Waals surface area contributed by atoms with Crippen molar-refractivity contribution >= 4 is 0 Å². The largest absolute Gasteiger partial charge is 0.486 e. The maximum absolute atomic E-state index is 5.73. The molecule has 102 valence electrons. The fourth-order valence-electron chi connectivity index (χ4n) is 1.97. The van der Waals surface area contributed by atoms with Crippen molar-refractivity contribution in [3.8, 4) is 5.75 Å². The molecule has 1 N–H and O–H groups in total. The minimum Gasteiger partial charge on any atom is -0.486 e. The third-order valence-corrected chi connectivity index (χ3v) is 3.12. The van der Waals surface area contributed by atoms with Crippen LogP contribution in [0.5, 0.6) is 5.75 Å². The monoisotopic (exact) mass is 259 g/mol. The van der Waals surface area contributed by atoms with Gasteiger partial charge >= 0.3 is 0 Å². The maximum atomic E-state index is 5.73. The van der Waals surface area contributed by atoms with Crippen molar-refractivity contribution in [2.75, 3.05) is 7.05 Å². The molecule has 3 heteroatoms.